The molecule has 0 aromatic heterocycles. The molecule has 0 fully saturated rings. The minimum absolute atomic E-state index is 0. The molecule has 1 amide bonds. The molecule has 160 valence electrons. The van der Waals surface area contributed by atoms with Crippen LogP contribution in [-0.2, 0) is 20.8 Å². The van der Waals surface area contributed by atoms with E-state index in [1.54, 1.807) is 21.3 Å². The number of carbonyl (C=O) groups is 1. The van der Waals surface area contributed by atoms with E-state index in [0.29, 0.717) is 38.9 Å². The van der Waals surface area contributed by atoms with E-state index in [1.165, 1.54) is 0 Å². The molecule has 28 heavy (non-hydrogen) atoms. The van der Waals surface area contributed by atoms with Crippen LogP contribution in [0.25, 0.3) is 0 Å². The zero-order valence-corrected chi connectivity index (χ0v) is 19.5. The van der Waals surface area contributed by atoms with Crippen LogP contribution in [0.2, 0.25) is 0 Å². The van der Waals surface area contributed by atoms with Gasteiger partial charge in [-0.15, -0.1) is 24.0 Å². The fraction of sp³-hybridized carbons (Fsp3) is 0.579. The molecular weight excluding hydrogens is 475 g/mol. The van der Waals surface area contributed by atoms with Crippen LogP contribution < -0.4 is 20.7 Å². The van der Waals surface area contributed by atoms with E-state index in [0.717, 1.165) is 23.3 Å². The lowest BCUT2D eigenvalue weighted by molar-refractivity contribution is -0.120. The predicted octanol–water partition coefficient (Wildman–Crippen LogP) is 1.46. The summed E-state index contributed by atoms with van der Waals surface area (Å²) in [6.07, 6.45) is 0.832. The monoisotopic (exact) mass is 508 g/mol. The highest BCUT2D eigenvalue weighted by atomic mass is 127. The van der Waals surface area contributed by atoms with Gasteiger partial charge in [0.1, 0.15) is 5.75 Å². The van der Waals surface area contributed by atoms with Gasteiger partial charge in [0.2, 0.25) is 5.91 Å². The van der Waals surface area contributed by atoms with E-state index in [9.17, 15) is 4.79 Å². The number of halogens is 1. The predicted molar refractivity (Wildman–Crippen MR) is 122 cm³/mol. The van der Waals surface area contributed by atoms with Gasteiger partial charge < -0.3 is 30.2 Å². The number of ether oxygens (including phenoxy) is 3. The second-order valence-corrected chi connectivity index (χ2v) is 5.93. The Hall–Kier alpha value is -1.59. The van der Waals surface area contributed by atoms with E-state index >= 15 is 0 Å². The summed E-state index contributed by atoms with van der Waals surface area (Å²) in [6, 6.07) is 6.08. The van der Waals surface area contributed by atoms with Crippen molar-refractivity contribution in [2.75, 3.05) is 54.2 Å². The van der Waals surface area contributed by atoms with Crippen molar-refractivity contribution in [2.45, 2.75) is 19.9 Å². The molecule has 0 bridgehead atoms. The first kappa shape index (κ1) is 26.4. The number of hydrogen-bond acceptors (Lipinski definition) is 5. The summed E-state index contributed by atoms with van der Waals surface area (Å²) in [6.45, 7) is 4.93. The SMILES string of the molecule is CN=C(NCC(=O)NCCOC)NCc1ccc(C)cc1OCCCOC.I. The van der Waals surface area contributed by atoms with Gasteiger partial charge in [0.05, 0.1) is 19.8 Å². The van der Waals surface area contributed by atoms with Crippen molar-refractivity contribution in [2.24, 2.45) is 4.99 Å². The van der Waals surface area contributed by atoms with Crippen LogP contribution >= 0.6 is 24.0 Å². The van der Waals surface area contributed by atoms with Crippen LogP contribution in [0.15, 0.2) is 23.2 Å². The number of hydrogen-bond donors (Lipinski definition) is 3. The van der Waals surface area contributed by atoms with Gasteiger partial charge in [0.25, 0.3) is 0 Å². The zero-order valence-electron chi connectivity index (χ0n) is 17.2. The molecule has 8 nitrogen and oxygen atoms in total. The van der Waals surface area contributed by atoms with Gasteiger partial charge >= 0.3 is 0 Å². The number of benzene rings is 1. The summed E-state index contributed by atoms with van der Waals surface area (Å²) >= 11 is 0. The average Bonchev–Trinajstić information content (AvgIpc) is 2.66. The van der Waals surface area contributed by atoms with Crippen molar-refractivity contribution < 1.29 is 19.0 Å². The van der Waals surface area contributed by atoms with Crippen molar-refractivity contribution in [3.63, 3.8) is 0 Å². The number of carbonyl (C=O) groups excluding carboxylic acids is 1. The summed E-state index contributed by atoms with van der Waals surface area (Å²) in [5, 5.41) is 8.93. The van der Waals surface area contributed by atoms with E-state index in [-0.39, 0.29) is 36.4 Å². The first-order valence-corrected chi connectivity index (χ1v) is 9.02. The van der Waals surface area contributed by atoms with E-state index in [2.05, 4.69) is 20.9 Å². The normalized spacial score (nSPS) is 10.8. The average molecular weight is 508 g/mol. The van der Waals surface area contributed by atoms with Crippen molar-refractivity contribution >= 4 is 35.8 Å². The maximum atomic E-state index is 11.7. The van der Waals surface area contributed by atoms with Crippen molar-refractivity contribution in [1.82, 2.24) is 16.0 Å². The largest absolute Gasteiger partial charge is 0.493 e. The second kappa shape index (κ2) is 16.4. The Morgan fingerprint density at radius 2 is 1.82 bits per heavy atom. The smallest absolute Gasteiger partial charge is 0.239 e. The van der Waals surface area contributed by atoms with E-state index in [1.807, 2.05) is 25.1 Å². The van der Waals surface area contributed by atoms with Gasteiger partial charge in [-0.1, -0.05) is 12.1 Å². The molecule has 1 aromatic carbocycles. The molecule has 0 saturated carbocycles. The molecule has 0 radical (unpaired) electrons. The number of amides is 1. The Bertz CT molecular complexity index is 599. The van der Waals surface area contributed by atoms with Crippen LogP contribution in [-0.4, -0.2) is 66.0 Å². The van der Waals surface area contributed by atoms with Gasteiger partial charge in [-0.2, -0.15) is 0 Å². The van der Waals surface area contributed by atoms with Gasteiger partial charge in [0, 0.05) is 52.9 Å². The van der Waals surface area contributed by atoms with Gasteiger partial charge in [-0.3, -0.25) is 9.79 Å². The number of aryl methyl sites for hydroxylation is 1. The Kier molecular flexibility index (Phi) is 15.4. The lowest BCUT2D eigenvalue weighted by Gasteiger charge is -2.15. The number of guanidine groups is 1. The Morgan fingerprint density at radius 1 is 1.07 bits per heavy atom. The topological polar surface area (TPSA) is 93.2 Å². The minimum Gasteiger partial charge on any atom is -0.493 e. The Balaban J connectivity index is 0.00000729. The molecule has 0 saturated heterocycles. The maximum Gasteiger partial charge on any atom is 0.239 e. The van der Waals surface area contributed by atoms with Gasteiger partial charge in [-0.25, -0.2) is 0 Å². The maximum absolute atomic E-state index is 11.7. The quantitative estimate of drug-likeness (QED) is 0.171. The molecule has 0 atom stereocenters. The van der Waals surface area contributed by atoms with Crippen LogP contribution in [0, 0.1) is 6.92 Å². The lowest BCUT2D eigenvalue weighted by atomic mass is 10.1. The summed E-state index contributed by atoms with van der Waals surface area (Å²) in [4.78, 5) is 15.9. The number of rotatable bonds is 12. The van der Waals surface area contributed by atoms with Crippen LogP contribution in [0.1, 0.15) is 17.5 Å². The first-order chi connectivity index (χ1) is 13.1. The Morgan fingerprint density at radius 3 is 2.50 bits per heavy atom. The second-order valence-electron chi connectivity index (χ2n) is 5.93. The Labute approximate surface area is 184 Å². The van der Waals surface area contributed by atoms with Crippen LogP contribution in [0.4, 0.5) is 0 Å². The van der Waals surface area contributed by atoms with Crippen LogP contribution in [0.3, 0.4) is 0 Å². The summed E-state index contributed by atoms with van der Waals surface area (Å²) in [5.74, 6) is 1.27. The number of aliphatic imine (C=N–C) groups is 1. The van der Waals surface area contributed by atoms with E-state index < -0.39 is 0 Å². The first-order valence-electron chi connectivity index (χ1n) is 9.02. The third-order valence-electron chi connectivity index (χ3n) is 3.69. The summed E-state index contributed by atoms with van der Waals surface area (Å²) in [7, 11) is 4.94. The highest BCUT2D eigenvalue weighted by molar-refractivity contribution is 14.0. The van der Waals surface area contributed by atoms with Gasteiger partial charge in [-0.05, 0) is 18.6 Å². The minimum atomic E-state index is -0.118. The number of nitrogens with one attached hydrogen (secondary N) is 3. The molecule has 0 aliphatic carbocycles. The molecule has 0 aliphatic heterocycles. The molecule has 0 aliphatic rings. The highest BCUT2D eigenvalue weighted by Crippen LogP contribution is 2.20. The summed E-state index contributed by atoms with van der Waals surface area (Å²) in [5.41, 5.74) is 2.15. The lowest BCUT2D eigenvalue weighted by Crippen LogP contribution is -2.43. The third kappa shape index (κ3) is 11.3. The fourth-order valence-corrected chi connectivity index (χ4v) is 2.25. The molecule has 0 spiro atoms. The van der Waals surface area contributed by atoms with Crippen LogP contribution in [0.5, 0.6) is 5.75 Å². The molecular formula is C19H33IN4O4. The van der Waals surface area contributed by atoms with E-state index in [4.69, 9.17) is 14.2 Å². The van der Waals surface area contributed by atoms with Gasteiger partial charge in [0.15, 0.2) is 5.96 Å². The zero-order chi connectivity index (χ0) is 19.9. The molecule has 1 aromatic rings. The fourth-order valence-electron chi connectivity index (χ4n) is 2.25. The van der Waals surface area contributed by atoms with Crippen molar-refractivity contribution in [3.05, 3.63) is 29.3 Å². The molecule has 0 unspecified atom stereocenters. The number of nitrogens with zero attached hydrogens (tertiary/aromatic N) is 1. The summed E-state index contributed by atoms with van der Waals surface area (Å²) < 4.78 is 15.8. The molecule has 0 heterocycles. The van der Waals surface area contributed by atoms with Crippen molar-refractivity contribution in [1.29, 1.82) is 0 Å². The molecule has 1 rings (SSSR count). The third-order valence-corrected chi connectivity index (χ3v) is 3.69. The highest BCUT2D eigenvalue weighted by Gasteiger charge is 2.07. The molecule has 3 N–H and O–H groups in total. The molecule has 9 heteroatoms. The standard InChI is InChI=1S/C19H32N4O4.HI/c1-15-6-7-16(17(12-15)27-10-5-9-25-3)13-22-19(20-2)23-14-18(24)21-8-11-26-4;/h6-7,12H,5,8-11,13-14H2,1-4H3,(H,21,24)(H2,20,22,23);1H. The van der Waals surface area contributed by atoms with Crippen molar-refractivity contribution in [3.8, 4) is 5.75 Å². The number of methoxy groups -OCH3 is 2.